The van der Waals surface area contributed by atoms with Crippen molar-refractivity contribution in [3.63, 3.8) is 0 Å². The summed E-state index contributed by atoms with van der Waals surface area (Å²) >= 11 is 0. The molecule has 0 spiro atoms. The molecule has 4 aliphatic rings. The zero-order valence-corrected chi connectivity index (χ0v) is 60.7. The van der Waals surface area contributed by atoms with E-state index in [-0.39, 0.29) is 28.4 Å². The predicted octanol–water partition coefficient (Wildman–Crippen LogP) is 25.1. The van der Waals surface area contributed by atoms with Crippen LogP contribution in [-0.2, 0) is 21.7 Å². The fourth-order valence-electron chi connectivity index (χ4n) is 17.4. The van der Waals surface area contributed by atoms with E-state index in [9.17, 15) is 0 Å². The second-order valence-electron chi connectivity index (χ2n) is 32.9. The third-order valence-corrected chi connectivity index (χ3v) is 23.2. The van der Waals surface area contributed by atoms with E-state index in [4.69, 9.17) is 0 Å². The Morgan fingerprint density at radius 3 is 1.16 bits per heavy atom. The standard InChI is InChI=1S/C99H82BN3/c1-96(2,3)72-50-68(51-73(59-72)97(4,5)6)66-42-47-84-88(55-66)102(93-76(61-26-15-12-16-27-61)33-23-34-77(93)62-28-17-13-18-29-62)90-57-70(65-44-49-87-83(54-65)82-38-25-37-81-80-32-21-22-39-86(80)101(87)95(81)82)58-91-92(90)100(84)85-48-43-67-56-89(85)103(91)94-78(63-30-19-14-20-31-63)35-24-36-79(94)64-40-45-71(46-41-64)99(10,11)75-53-69(67)52-74(60-75)98(7,8)9/h12-60H,1-11H3. The van der Waals surface area contributed by atoms with Gasteiger partial charge in [-0.05, 0) is 159 Å². The van der Waals surface area contributed by atoms with E-state index in [2.05, 4.69) is 388 Å². The van der Waals surface area contributed by atoms with Crippen LogP contribution in [0.25, 0.3) is 116 Å². The third-order valence-electron chi connectivity index (χ3n) is 23.2. The summed E-state index contributed by atoms with van der Waals surface area (Å²) in [5.41, 5.74) is 36.6. The minimum atomic E-state index is -0.306. The molecule has 16 aromatic rings. The summed E-state index contributed by atoms with van der Waals surface area (Å²) in [7, 11) is 0. The zero-order chi connectivity index (χ0) is 70.2. The topological polar surface area (TPSA) is 10.9 Å². The first kappa shape index (κ1) is 62.5. The highest BCUT2D eigenvalue weighted by Crippen LogP contribution is 2.56. The summed E-state index contributed by atoms with van der Waals surface area (Å²) < 4.78 is 2.51. The molecule has 0 unspecified atom stereocenters. The minimum absolute atomic E-state index is 0.0926. The summed E-state index contributed by atoms with van der Waals surface area (Å²) in [5.74, 6) is 0. The molecule has 6 bridgehead atoms. The molecule has 0 radical (unpaired) electrons. The van der Waals surface area contributed by atoms with Gasteiger partial charge in [0.25, 0.3) is 6.71 Å². The predicted molar refractivity (Wildman–Crippen MR) is 441 cm³/mol. The Balaban J connectivity index is 0.996. The Hall–Kier alpha value is -11.5. The molecule has 3 nitrogen and oxygen atoms in total. The lowest BCUT2D eigenvalue weighted by atomic mass is 9.33. The molecule has 0 saturated carbocycles. The molecule has 496 valence electrons. The van der Waals surface area contributed by atoms with Crippen LogP contribution in [0.15, 0.2) is 297 Å². The Bertz CT molecular complexity index is 6040. The Morgan fingerprint density at radius 1 is 0.272 bits per heavy atom. The molecular formula is C99H82BN3. The molecule has 0 fully saturated rings. The van der Waals surface area contributed by atoms with Crippen LogP contribution in [0.1, 0.15) is 104 Å². The zero-order valence-electron chi connectivity index (χ0n) is 60.7. The molecule has 2 aromatic heterocycles. The van der Waals surface area contributed by atoms with E-state index < -0.39 is 0 Å². The summed E-state index contributed by atoms with van der Waals surface area (Å²) in [6, 6.07) is 115. The molecule has 0 aliphatic carbocycles. The van der Waals surface area contributed by atoms with Gasteiger partial charge in [-0.25, -0.2) is 0 Å². The smallest absolute Gasteiger partial charge is 0.252 e. The molecule has 0 atom stereocenters. The highest BCUT2D eigenvalue weighted by molar-refractivity contribution is 7.00. The summed E-state index contributed by atoms with van der Waals surface area (Å²) in [5, 5.41) is 5.05. The number of para-hydroxylation sites is 4. The van der Waals surface area contributed by atoms with Gasteiger partial charge in [-0.2, -0.15) is 0 Å². The first-order chi connectivity index (χ1) is 49.7. The number of benzene rings is 14. The number of fused-ring (bicyclic) bond motifs is 11. The molecule has 103 heavy (non-hydrogen) atoms. The maximum atomic E-state index is 2.73. The Morgan fingerprint density at radius 2 is 0.650 bits per heavy atom. The number of aromatic nitrogens is 1. The van der Waals surface area contributed by atoms with Crippen LogP contribution >= 0.6 is 0 Å². The van der Waals surface area contributed by atoms with Gasteiger partial charge >= 0.3 is 0 Å². The van der Waals surface area contributed by atoms with E-state index in [1.54, 1.807) is 0 Å². The van der Waals surface area contributed by atoms with Gasteiger partial charge in [0.1, 0.15) is 0 Å². The average Bonchev–Trinajstić information content (AvgIpc) is 0.737. The van der Waals surface area contributed by atoms with Crippen LogP contribution in [-0.4, -0.2) is 11.1 Å². The van der Waals surface area contributed by atoms with Crippen molar-refractivity contribution in [1.29, 1.82) is 0 Å². The largest absolute Gasteiger partial charge is 0.310 e. The van der Waals surface area contributed by atoms with Crippen molar-refractivity contribution in [2.45, 2.75) is 97.8 Å². The third kappa shape index (κ3) is 9.84. The second-order valence-corrected chi connectivity index (χ2v) is 32.9. The van der Waals surface area contributed by atoms with E-state index in [1.165, 1.54) is 105 Å². The van der Waals surface area contributed by atoms with Crippen LogP contribution in [0, 0.1) is 0 Å². The van der Waals surface area contributed by atoms with Crippen molar-refractivity contribution in [3.05, 3.63) is 325 Å². The maximum absolute atomic E-state index is 2.73. The van der Waals surface area contributed by atoms with Gasteiger partial charge in [-0.1, -0.05) is 331 Å². The monoisotopic (exact) mass is 1320 g/mol. The van der Waals surface area contributed by atoms with Crippen LogP contribution in [0.4, 0.5) is 34.1 Å². The van der Waals surface area contributed by atoms with E-state index in [1.807, 2.05) is 0 Å². The molecule has 20 rings (SSSR count). The van der Waals surface area contributed by atoms with Crippen LogP contribution in [0.2, 0.25) is 0 Å². The number of nitrogens with zero attached hydrogens (tertiary/aromatic N) is 3. The van der Waals surface area contributed by atoms with Gasteiger partial charge in [0.15, 0.2) is 0 Å². The lowest BCUT2D eigenvalue weighted by molar-refractivity contribution is 0.569. The molecule has 4 aliphatic heterocycles. The summed E-state index contributed by atoms with van der Waals surface area (Å²) in [6.07, 6.45) is 0. The lowest BCUT2D eigenvalue weighted by Gasteiger charge is -2.46. The molecule has 0 saturated heterocycles. The molecular weight excluding hydrogens is 1240 g/mol. The Labute approximate surface area is 606 Å². The van der Waals surface area contributed by atoms with Crippen LogP contribution in [0.3, 0.4) is 0 Å². The molecule has 6 heterocycles. The van der Waals surface area contributed by atoms with E-state index >= 15 is 0 Å². The summed E-state index contributed by atoms with van der Waals surface area (Å²) in [6.45, 7) is 25.8. The van der Waals surface area contributed by atoms with Gasteiger partial charge in [0.05, 0.1) is 27.9 Å². The second kappa shape index (κ2) is 22.8. The average molecular weight is 1320 g/mol. The summed E-state index contributed by atoms with van der Waals surface area (Å²) in [4.78, 5) is 5.45. The normalized spacial score (nSPS) is 13.8. The number of hydrogen-bond donors (Lipinski definition) is 0. The van der Waals surface area contributed by atoms with E-state index in [0.717, 1.165) is 89.8 Å². The first-order valence-corrected chi connectivity index (χ1v) is 36.8. The van der Waals surface area contributed by atoms with Gasteiger partial charge in [-0.3, -0.25) is 0 Å². The van der Waals surface area contributed by atoms with Gasteiger partial charge in [0, 0.05) is 72.0 Å². The number of rotatable bonds is 6. The highest BCUT2D eigenvalue weighted by atomic mass is 15.2. The van der Waals surface area contributed by atoms with Crippen molar-refractivity contribution >= 4 is 95.3 Å². The molecule has 4 heteroatoms. The van der Waals surface area contributed by atoms with Gasteiger partial charge < -0.3 is 14.2 Å². The van der Waals surface area contributed by atoms with Crippen molar-refractivity contribution in [1.82, 2.24) is 4.40 Å². The van der Waals surface area contributed by atoms with E-state index in [0.29, 0.717) is 0 Å². The van der Waals surface area contributed by atoms with Crippen molar-refractivity contribution in [2.75, 3.05) is 9.80 Å². The number of hydrogen-bond acceptors (Lipinski definition) is 2. The lowest BCUT2D eigenvalue weighted by Crippen LogP contribution is -2.61. The van der Waals surface area contributed by atoms with Gasteiger partial charge in [0.2, 0.25) is 0 Å². The molecule has 14 aromatic carbocycles. The quantitative estimate of drug-likeness (QED) is 0.154. The fourth-order valence-corrected chi connectivity index (χ4v) is 17.4. The molecule has 0 N–H and O–H groups in total. The Kier molecular flexibility index (Phi) is 13.8. The van der Waals surface area contributed by atoms with Crippen molar-refractivity contribution in [2.24, 2.45) is 0 Å². The van der Waals surface area contributed by atoms with Crippen LogP contribution < -0.4 is 26.2 Å². The highest BCUT2D eigenvalue weighted by Gasteiger charge is 2.46. The van der Waals surface area contributed by atoms with Crippen molar-refractivity contribution in [3.8, 4) is 77.9 Å². The van der Waals surface area contributed by atoms with Crippen LogP contribution in [0.5, 0.6) is 0 Å². The van der Waals surface area contributed by atoms with Gasteiger partial charge in [-0.15, -0.1) is 0 Å². The minimum Gasteiger partial charge on any atom is -0.310 e. The fraction of sp³-hybridized carbons (Fsp3) is 0.152. The first-order valence-electron chi connectivity index (χ1n) is 36.8. The van der Waals surface area contributed by atoms with Crippen molar-refractivity contribution < 1.29 is 0 Å². The number of anilines is 6. The maximum Gasteiger partial charge on any atom is 0.252 e. The molecule has 0 amide bonds. The SMILES string of the molecule is CC(C)(C)c1cc(-c2ccc3c(c2)N(c2c(-c4ccccc4)cccc2-c2ccccc2)c2cc(-c4ccc5c(c4)c4cccc6c7ccccc7n5c64)cc4c2B3c2ccc3cc2N4c2c(-c4ccccc4)cccc2-c2ccc(cc2)C(C)(C)c2cc-3cc(C(C)(C)C)c2)cc(C(C)(C)C)c1.